The van der Waals surface area contributed by atoms with Gasteiger partial charge in [-0.05, 0) is 59.3 Å². The monoisotopic (exact) mass is 445 g/mol. The zero-order valence-electron chi connectivity index (χ0n) is 14.3. The number of carbonyl (C=O) groups is 2. The van der Waals surface area contributed by atoms with Gasteiger partial charge in [0.2, 0.25) is 0 Å². The van der Waals surface area contributed by atoms with Crippen molar-refractivity contribution in [3.8, 4) is 5.75 Å². The molecule has 1 unspecified atom stereocenters. The second-order valence-corrected chi connectivity index (χ2v) is 7.30. The van der Waals surface area contributed by atoms with E-state index in [1.54, 1.807) is 48.8 Å². The number of aromatic nitrogens is 1. The Morgan fingerprint density at radius 2 is 1.85 bits per heavy atom. The maximum Gasteiger partial charge on any atom is 0.265 e. The molecule has 2 N–H and O–H groups in total. The highest BCUT2D eigenvalue weighted by atomic mass is 79.9. The van der Waals surface area contributed by atoms with E-state index in [9.17, 15) is 9.59 Å². The SMILES string of the molecule is CC(Oc1ccccc1Br)C(=O)Nc1ccc(C(=O)Nc2nccs2)cc1. The third-order valence-corrected chi connectivity index (χ3v) is 4.92. The molecular weight excluding hydrogens is 430 g/mol. The van der Waals surface area contributed by atoms with Gasteiger partial charge >= 0.3 is 0 Å². The summed E-state index contributed by atoms with van der Waals surface area (Å²) in [5, 5.41) is 7.80. The molecule has 3 rings (SSSR count). The Kier molecular flexibility index (Phi) is 6.20. The van der Waals surface area contributed by atoms with Crippen molar-refractivity contribution in [3.63, 3.8) is 0 Å². The Morgan fingerprint density at radius 1 is 1.11 bits per heavy atom. The second kappa shape index (κ2) is 8.79. The van der Waals surface area contributed by atoms with Gasteiger partial charge in [-0.25, -0.2) is 4.98 Å². The van der Waals surface area contributed by atoms with Crippen molar-refractivity contribution in [2.24, 2.45) is 0 Å². The number of thiazole rings is 1. The fourth-order valence-electron chi connectivity index (χ4n) is 2.19. The van der Waals surface area contributed by atoms with E-state index < -0.39 is 6.10 Å². The summed E-state index contributed by atoms with van der Waals surface area (Å²) in [6.07, 6.45) is 0.937. The molecule has 3 aromatic rings. The number of carbonyl (C=O) groups excluding carboxylic acids is 2. The van der Waals surface area contributed by atoms with Crippen LogP contribution >= 0.6 is 27.3 Å². The molecule has 0 saturated carbocycles. The molecule has 2 amide bonds. The van der Waals surface area contributed by atoms with Crippen molar-refractivity contribution >= 4 is 49.9 Å². The standard InChI is InChI=1S/C19H16BrN3O3S/c1-12(26-16-5-3-2-4-15(16)20)17(24)22-14-8-6-13(7-9-14)18(25)23-19-21-10-11-27-19/h2-12H,1H3,(H,22,24)(H,21,23,25). The highest BCUT2D eigenvalue weighted by Gasteiger charge is 2.16. The predicted octanol–water partition coefficient (Wildman–Crippen LogP) is 4.56. The molecule has 0 fully saturated rings. The lowest BCUT2D eigenvalue weighted by Gasteiger charge is -2.15. The summed E-state index contributed by atoms with van der Waals surface area (Å²) >= 11 is 4.73. The summed E-state index contributed by atoms with van der Waals surface area (Å²) in [6, 6.07) is 13.9. The number of halogens is 1. The fraction of sp³-hybridized carbons (Fsp3) is 0.105. The Morgan fingerprint density at radius 3 is 2.52 bits per heavy atom. The fourth-order valence-corrected chi connectivity index (χ4v) is 3.09. The number of ether oxygens (including phenoxy) is 1. The van der Waals surface area contributed by atoms with Gasteiger partial charge in [0.25, 0.3) is 11.8 Å². The van der Waals surface area contributed by atoms with E-state index in [1.807, 2.05) is 18.2 Å². The summed E-state index contributed by atoms with van der Waals surface area (Å²) in [4.78, 5) is 28.5. The van der Waals surface area contributed by atoms with E-state index in [-0.39, 0.29) is 11.8 Å². The number of anilines is 2. The Labute approximate surface area is 168 Å². The van der Waals surface area contributed by atoms with Crippen LogP contribution in [0.25, 0.3) is 0 Å². The minimum atomic E-state index is -0.684. The number of nitrogens with zero attached hydrogens (tertiary/aromatic N) is 1. The summed E-state index contributed by atoms with van der Waals surface area (Å²) < 4.78 is 6.45. The first-order valence-electron chi connectivity index (χ1n) is 8.06. The molecule has 1 heterocycles. The van der Waals surface area contributed by atoms with E-state index in [0.29, 0.717) is 22.1 Å². The normalized spacial score (nSPS) is 11.5. The molecule has 1 aromatic heterocycles. The van der Waals surface area contributed by atoms with E-state index in [2.05, 4.69) is 31.5 Å². The lowest BCUT2D eigenvalue weighted by atomic mass is 10.2. The number of hydrogen-bond acceptors (Lipinski definition) is 5. The van der Waals surface area contributed by atoms with Gasteiger partial charge in [-0.15, -0.1) is 11.3 Å². The lowest BCUT2D eigenvalue weighted by Crippen LogP contribution is -2.30. The van der Waals surface area contributed by atoms with Crippen molar-refractivity contribution in [3.05, 3.63) is 70.1 Å². The summed E-state index contributed by atoms with van der Waals surface area (Å²) in [7, 11) is 0. The van der Waals surface area contributed by atoms with Gasteiger partial charge in [0, 0.05) is 22.8 Å². The van der Waals surface area contributed by atoms with Crippen LogP contribution in [0, 0.1) is 0 Å². The average molecular weight is 446 g/mol. The third-order valence-electron chi connectivity index (χ3n) is 3.58. The maximum absolute atomic E-state index is 12.3. The molecular formula is C19H16BrN3O3S. The van der Waals surface area contributed by atoms with Gasteiger partial charge < -0.3 is 10.1 Å². The second-order valence-electron chi connectivity index (χ2n) is 5.55. The van der Waals surface area contributed by atoms with Gasteiger partial charge in [-0.2, -0.15) is 0 Å². The number of benzene rings is 2. The zero-order chi connectivity index (χ0) is 19.2. The first kappa shape index (κ1) is 19.1. The lowest BCUT2D eigenvalue weighted by molar-refractivity contribution is -0.122. The van der Waals surface area contributed by atoms with Crippen molar-refractivity contribution in [2.45, 2.75) is 13.0 Å². The van der Waals surface area contributed by atoms with E-state index in [1.165, 1.54) is 11.3 Å². The van der Waals surface area contributed by atoms with Crippen LogP contribution in [0.2, 0.25) is 0 Å². The Bertz CT molecular complexity index is 930. The molecule has 2 aromatic carbocycles. The van der Waals surface area contributed by atoms with Gasteiger partial charge in [0.15, 0.2) is 11.2 Å². The Hall–Kier alpha value is -2.71. The molecule has 0 aliphatic rings. The van der Waals surface area contributed by atoms with Crippen LogP contribution in [0.4, 0.5) is 10.8 Å². The van der Waals surface area contributed by atoms with Gasteiger partial charge in [0.1, 0.15) is 5.75 Å². The number of para-hydroxylation sites is 1. The molecule has 0 bridgehead atoms. The minimum absolute atomic E-state index is 0.256. The smallest absolute Gasteiger partial charge is 0.265 e. The number of rotatable bonds is 6. The quantitative estimate of drug-likeness (QED) is 0.582. The van der Waals surface area contributed by atoms with Crippen LogP contribution in [0.5, 0.6) is 5.75 Å². The molecule has 0 aliphatic heterocycles. The molecule has 0 radical (unpaired) electrons. The summed E-state index contributed by atoms with van der Waals surface area (Å²) in [6.45, 7) is 1.67. The third kappa shape index (κ3) is 5.15. The number of hydrogen-bond donors (Lipinski definition) is 2. The van der Waals surface area contributed by atoms with Crippen LogP contribution in [0.15, 0.2) is 64.6 Å². The summed E-state index contributed by atoms with van der Waals surface area (Å²) in [5.41, 5.74) is 1.05. The van der Waals surface area contributed by atoms with Crippen molar-refractivity contribution in [1.29, 1.82) is 0 Å². The molecule has 138 valence electrons. The highest BCUT2D eigenvalue weighted by Crippen LogP contribution is 2.25. The van der Waals surface area contributed by atoms with Crippen LogP contribution in [0.1, 0.15) is 17.3 Å². The van der Waals surface area contributed by atoms with E-state index in [0.717, 1.165) is 4.47 Å². The topological polar surface area (TPSA) is 80.3 Å². The van der Waals surface area contributed by atoms with Crippen molar-refractivity contribution in [1.82, 2.24) is 4.98 Å². The van der Waals surface area contributed by atoms with Gasteiger partial charge in [-0.3, -0.25) is 14.9 Å². The largest absolute Gasteiger partial charge is 0.480 e. The number of nitrogens with one attached hydrogen (secondary N) is 2. The maximum atomic E-state index is 12.3. The highest BCUT2D eigenvalue weighted by molar-refractivity contribution is 9.10. The van der Waals surface area contributed by atoms with Crippen LogP contribution in [-0.2, 0) is 4.79 Å². The molecule has 6 nitrogen and oxygen atoms in total. The molecule has 0 spiro atoms. The minimum Gasteiger partial charge on any atom is -0.480 e. The molecule has 0 saturated heterocycles. The number of amides is 2. The first-order chi connectivity index (χ1) is 13.0. The zero-order valence-corrected chi connectivity index (χ0v) is 16.7. The predicted molar refractivity (Wildman–Crippen MR) is 109 cm³/mol. The van der Waals surface area contributed by atoms with Crippen LogP contribution in [-0.4, -0.2) is 22.9 Å². The van der Waals surface area contributed by atoms with Crippen molar-refractivity contribution in [2.75, 3.05) is 10.6 Å². The summed E-state index contributed by atoms with van der Waals surface area (Å²) in [5.74, 6) is 0.0496. The van der Waals surface area contributed by atoms with Crippen LogP contribution < -0.4 is 15.4 Å². The molecule has 1 atom stereocenters. The Balaban J connectivity index is 1.58. The van der Waals surface area contributed by atoms with Gasteiger partial charge in [0.05, 0.1) is 4.47 Å². The molecule has 27 heavy (non-hydrogen) atoms. The average Bonchev–Trinajstić information content (AvgIpc) is 3.17. The first-order valence-corrected chi connectivity index (χ1v) is 9.73. The van der Waals surface area contributed by atoms with Crippen molar-refractivity contribution < 1.29 is 14.3 Å². The molecule has 0 aliphatic carbocycles. The van der Waals surface area contributed by atoms with E-state index in [4.69, 9.17) is 4.74 Å². The molecule has 8 heteroatoms. The van der Waals surface area contributed by atoms with Gasteiger partial charge in [-0.1, -0.05) is 12.1 Å². The van der Waals surface area contributed by atoms with Crippen LogP contribution in [0.3, 0.4) is 0 Å². The van der Waals surface area contributed by atoms with E-state index >= 15 is 0 Å².